The van der Waals surface area contributed by atoms with Gasteiger partial charge in [-0.05, 0) is 36.6 Å². The molecular formula is C27H30N2O3. The lowest BCUT2D eigenvalue weighted by molar-refractivity contribution is -0.131. The summed E-state index contributed by atoms with van der Waals surface area (Å²) in [6.45, 7) is 7.23. The van der Waals surface area contributed by atoms with Gasteiger partial charge in [0.25, 0.3) is 0 Å². The zero-order chi connectivity index (χ0) is 22.9. The van der Waals surface area contributed by atoms with Gasteiger partial charge in [-0.3, -0.25) is 9.78 Å². The number of benzene rings is 2. The second kappa shape index (κ2) is 11.2. The maximum absolute atomic E-state index is 12.7. The molecule has 1 amide bonds. The highest BCUT2D eigenvalue weighted by Crippen LogP contribution is 2.36. The van der Waals surface area contributed by atoms with E-state index >= 15 is 0 Å². The van der Waals surface area contributed by atoms with Crippen LogP contribution in [-0.4, -0.2) is 34.9 Å². The van der Waals surface area contributed by atoms with E-state index in [4.69, 9.17) is 9.72 Å². The fourth-order valence-corrected chi connectivity index (χ4v) is 3.83. The van der Waals surface area contributed by atoms with Gasteiger partial charge in [-0.2, -0.15) is 0 Å². The largest absolute Gasteiger partial charge is 0.462 e. The van der Waals surface area contributed by atoms with Crippen LogP contribution < -0.4 is 0 Å². The minimum Gasteiger partial charge on any atom is -0.462 e. The van der Waals surface area contributed by atoms with E-state index in [0.29, 0.717) is 37.4 Å². The summed E-state index contributed by atoms with van der Waals surface area (Å²) in [5.41, 5.74) is 4.81. The van der Waals surface area contributed by atoms with E-state index in [2.05, 4.69) is 6.92 Å². The number of hydrogen-bond acceptors (Lipinski definition) is 4. The normalized spacial score (nSPS) is 10.6. The summed E-state index contributed by atoms with van der Waals surface area (Å²) in [5, 5.41) is 0. The minimum absolute atomic E-state index is 0.121. The molecule has 0 saturated carbocycles. The molecule has 0 radical (unpaired) electrons. The van der Waals surface area contributed by atoms with Crippen molar-refractivity contribution in [2.24, 2.45) is 0 Å². The zero-order valence-electron chi connectivity index (χ0n) is 19.0. The van der Waals surface area contributed by atoms with Crippen molar-refractivity contribution in [1.29, 1.82) is 0 Å². The Kier molecular flexibility index (Phi) is 8.14. The van der Waals surface area contributed by atoms with Crippen molar-refractivity contribution in [3.05, 3.63) is 78.0 Å². The third-order valence-corrected chi connectivity index (χ3v) is 5.29. The molecule has 0 saturated heterocycles. The molecule has 0 unspecified atom stereocenters. The monoisotopic (exact) mass is 430 g/mol. The highest BCUT2D eigenvalue weighted by molar-refractivity contribution is 5.99. The Balaban J connectivity index is 2.20. The van der Waals surface area contributed by atoms with Crippen molar-refractivity contribution in [2.75, 3.05) is 13.2 Å². The number of pyridine rings is 1. The predicted octanol–water partition coefficient (Wildman–Crippen LogP) is 5.74. The Hall–Kier alpha value is -3.47. The van der Waals surface area contributed by atoms with Gasteiger partial charge in [-0.15, -0.1) is 0 Å². The molecule has 32 heavy (non-hydrogen) atoms. The van der Waals surface area contributed by atoms with Crippen LogP contribution in [-0.2, 0) is 16.1 Å². The van der Waals surface area contributed by atoms with Crippen LogP contribution in [0, 0.1) is 0 Å². The van der Waals surface area contributed by atoms with Gasteiger partial charge in [0.1, 0.15) is 0 Å². The summed E-state index contributed by atoms with van der Waals surface area (Å²) in [6, 6.07) is 19.3. The SMILES string of the molecule is CCCN(Cc1ccnc(-c2ccccc2C(=O)OCC)c1-c1ccccc1)C(=O)CC. The van der Waals surface area contributed by atoms with Crippen molar-refractivity contribution in [2.45, 2.75) is 40.2 Å². The van der Waals surface area contributed by atoms with Crippen LogP contribution >= 0.6 is 0 Å². The lowest BCUT2D eigenvalue weighted by Gasteiger charge is -2.24. The standard InChI is InChI=1S/C27H30N2O3/c1-4-18-29(24(30)5-2)19-21-16-17-28-26(25(21)20-12-8-7-9-13-20)22-14-10-11-15-23(22)27(31)32-6-3/h7-17H,4-6,18-19H2,1-3H3. The lowest BCUT2D eigenvalue weighted by atomic mass is 9.92. The molecule has 3 aromatic rings. The first kappa shape index (κ1) is 23.2. The summed E-state index contributed by atoms with van der Waals surface area (Å²) < 4.78 is 5.29. The molecule has 0 spiro atoms. The van der Waals surface area contributed by atoms with E-state index in [9.17, 15) is 9.59 Å². The van der Waals surface area contributed by atoms with Gasteiger partial charge in [-0.1, -0.05) is 62.4 Å². The Labute approximate surface area is 190 Å². The molecule has 0 N–H and O–H groups in total. The molecular weight excluding hydrogens is 400 g/mol. The average molecular weight is 431 g/mol. The maximum atomic E-state index is 12.7. The molecule has 0 bridgehead atoms. The van der Waals surface area contributed by atoms with Crippen LogP contribution in [0.5, 0.6) is 0 Å². The third-order valence-electron chi connectivity index (χ3n) is 5.29. The van der Waals surface area contributed by atoms with Gasteiger partial charge in [0.2, 0.25) is 5.91 Å². The molecule has 5 nitrogen and oxygen atoms in total. The second-order valence-corrected chi connectivity index (χ2v) is 7.49. The van der Waals surface area contributed by atoms with Crippen LogP contribution in [0.15, 0.2) is 66.9 Å². The first-order valence-electron chi connectivity index (χ1n) is 11.2. The highest BCUT2D eigenvalue weighted by Gasteiger charge is 2.21. The van der Waals surface area contributed by atoms with Crippen LogP contribution in [0.3, 0.4) is 0 Å². The fourth-order valence-electron chi connectivity index (χ4n) is 3.83. The molecule has 5 heteroatoms. The number of nitrogens with zero attached hydrogens (tertiary/aromatic N) is 2. The molecule has 0 atom stereocenters. The van der Waals surface area contributed by atoms with Gasteiger partial charge in [0.05, 0.1) is 17.9 Å². The molecule has 166 valence electrons. The predicted molar refractivity (Wildman–Crippen MR) is 127 cm³/mol. The quantitative estimate of drug-likeness (QED) is 0.406. The number of ether oxygens (including phenoxy) is 1. The van der Waals surface area contributed by atoms with E-state index in [-0.39, 0.29) is 11.9 Å². The third kappa shape index (κ3) is 5.22. The van der Waals surface area contributed by atoms with Crippen molar-refractivity contribution in [3.63, 3.8) is 0 Å². The number of aromatic nitrogens is 1. The van der Waals surface area contributed by atoms with Crippen LogP contribution in [0.1, 0.15) is 49.5 Å². The number of carbonyl (C=O) groups excluding carboxylic acids is 2. The Morgan fingerprint density at radius 2 is 1.66 bits per heavy atom. The van der Waals surface area contributed by atoms with Crippen molar-refractivity contribution >= 4 is 11.9 Å². The Bertz CT molecular complexity index is 1060. The average Bonchev–Trinajstić information content (AvgIpc) is 2.83. The molecule has 1 heterocycles. The molecule has 3 rings (SSSR count). The molecule has 1 aromatic heterocycles. The maximum Gasteiger partial charge on any atom is 0.338 e. The number of amides is 1. The molecule has 2 aromatic carbocycles. The fraction of sp³-hybridized carbons (Fsp3) is 0.296. The summed E-state index contributed by atoms with van der Waals surface area (Å²) in [6.07, 6.45) is 3.10. The number of rotatable bonds is 9. The van der Waals surface area contributed by atoms with Gasteiger partial charge in [-0.25, -0.2) is 4.79 Å². The molecule has 0 aliphatic carbocycles. The topological polar surface area (TPSA) is 59.5 Å². The van der Waals surface area contributed by atoms with Crippen LogP contribution in [0.2, 0.25) is 0 Å². The van der Waals surface area contributed by atoms with Crippen LogP contribution in [0.25, 0.3) is 22.4 Å². The summed E-state index contributed by atoms with van der Waals surface area (Å²) in [4.78, 5) is 31.8. The number of carbonyl (C=O) groups is 2. The minimum atomic E-state index is -0.372. The molecule has 0 fully saturated rings. The van der Waals surface area contributed by atoms with Crippen molar-refractivity contribution < 1.29 is 14.3 Å². The zero-order valence-corrected chi connectivity index (χ0v) is 19.0. The smallest absolute Gasteiger partial charge is 0.338 e. The highest BCUT2D eigenvalue weighted by atomic mass is 16.5. The first-order chi connectivity index (χ1) is 15.6. The molecule has 0 aliphatic rings. The van der Waals surface area contributed by atoms with Crippen molar-refractivity contribution in [3.8, 4) is 22.4 Å². The van der Waals surface area contributed by atoms with Crippen LogP contribution in [0.4, 0.5) is 0 Å². The van der Waals surface area contributed by atoms with E-state index < -0.39 is 0 Å². The van der Waals surface area contributed by atoms with Gasteiger partial charge in [0.15, 0.2) is 0 Å². The second-order valence-electron chi connectivity index (χ2n) is 7.49. The number of esters is 1. The van der Waals surface area contributed by atoms with E-state index in [1.54, 1.807) is 19.2 Å². The van der Waals surface area contributed by atoms with Gasteiger partial charge >= 0.3 is 5.97 Å². The number of hydrogen-bond donors (Lipinski definition) is 0. The summed E-state index contributed by atoms with van der Waals surface area (Å²) in [7, 11) is 0. The van der Waals surface area contributed by atoms with Crippen molar-refractivity contribution in [1.82, 2.24) is 9.88 Å². The Morgan fingerprint density at radius 1 is 0.938 bits per heavy atom. The molecule has 0 aliphatic heterocycles. The van der Waals surface area contributed by atoms with Gasteiger partial charge in [0, 0.05) is 36.8 Å². The van der Waals surface area contributed by atoms with E-state index in [1.165, 1.54) is 0 Å². The van der Waals surface area contributed by atoms with Gasteiger partial charge < -0.3 is 9.64 Å². The summed E-state index contributed by atoms with van der Waals surface area (Å²) >= 11 is 0. The Morgan fingerprint density at radius 3 is 2.34 bits per heavy atom. The van der Waals surface area contributed by atoms with E-state index in [1.807, 2.05) is 66.4 Å². The van der Waals surface area contributed by atoms with E-state index in [0.717, 1.165) is 28.7 Å². The summed E-state index contributed by atoms with van der Waals surface area (Å²) in [5.74, 6) is -0.251. The lowest BCUT2D eigenvalue weighted by Crippen LogP contribution is -2.30. The first-order valence-corrected chi connectivity index (χ1v) is 11.2.